The minimum absolute atomic E-state index is 0.0775. The highest BCUT2D eigenvalue weighted by Crippen LogP contribution is 2.13. The van der Waals surface area contributed by atoms with Crippen molar-refractivity contribution in [3.63, 3.8) is 0 Å². The van der Waals surface area contributed by atoms with Crippen molar-refractivity contribution in [3.8, 4) is 5.69 Å². The van der Waals surface area contributed by atoms with Gasteiger partial charge in [0.2, 0.25) is 0 Å². The molecule has 0 saturated carbocycles. The predicted octanol–water partition coefficient (Wildman–Crippen LogP) is 3.30. The van der Waals surface area contributed by atoms with E-state index in [1.165, 1.54) is 0 Å². The summed E-state index contributed by atoms with van der Waals surface area (Å²) in [6, 6.07) is 11.6. The van der Waals surface area contributed by atoms with Crippen molar-refractivity contribution < 1.29 is 4.79 Å². The Hall–Kier alpha value is -2.47. The third kappa shape index (κ3) is 3.65. The van der Waals surface area contributed by atoms with Crippen LogP contribution in [0.1, 0.15) is 15.9 Å². The SMILES string of the molecule is CN(Cc1cnn(-c2ccccc2)c1)C(=O)c1cncc(Br)c1. The molecule has 0 aliphatic heterocycles. The van der Waals surface area contributed by atoms with Crippen molar-refractivity contribution in [1.29, 1.82) is 0 Å². The van der Waals surface area contributed by atoms with Crippen molar-refractivity contribution in [2.75, 3.05) is 7.05 Å². The molecule has 0 unspecified atom stereocenters. The Morgan fingerprint density at radius 2 is 2.00 bits per heavy atom. The fourth-order valence-electron chi connectivity index (χ4n) is 2.26. The van der Waals surface area contributed by atoms with Crippen LogP contribution in [-0.2, 0) is 6.54 Å². The Bertz CT molecular complexity index is 816. The molecular formula is C17H15BrN4O. The van der Waals surface area contributed by atoms with Gasteiger partial charge in [-0.15, -0.1) is 0 Å². The first-order chi connectivity index (χ1) is 11.1. The van der Waals surface area contributed by atoms with Gasteiger partial charge in [0, 0.05) is 42.2 Å². The van der Waals surface area contributed by atoms with Gasteiger partial charge < -0.3 is 4.90 Å². The van der Waals surface area contributed by atoms with Gasteiger partial charge in [0.1, 0.15) is 0 Å². The molecule has 0 spiro atoms. The van der Waals surface area contributed by atoms with E-state index in [9.17, 15) is 4.79 Å². The average Bonchev–Trinajstić information content (AvgIpc) is 3.03. The zero-order valence-electron chi connectivity index (χ0n) is 12.6. The summed E-state index contributed by atoms with van der Waals surface area (Å²) in [4.78, 5) is 18.1. The molecule has 0 saturated heterocycles. The van der Waals surface area contributed by atoms with Gasteiger partial charge in [-0.2, -0.15) is 5.10 Å². The Morgan fingerprint density at radius 1 is 1.22 bits per heavy atom. The molecule has 23 heavy (non-hydrogen) atoms. The maximum atomic E-state index is 12.4. The van der Waals surface area contributed by atoms with Crippen LogP contribution in [0.3, 0.4) is 0 Å². The van der Waals surface area contributed by atoms with E-state index in [-0.39, 0.29) is 5.91 Å². The number of amides is 1. The number of rotatable bonds is 4. The number of aromatic nitrogens is 3. The molecule has 0 bridgehead atoms. The molecule has 0 atom stereocenters. The summed E-state index contributed by atoms with van der Waals surface area (Å²) < 4.78 is 2.59. The lowest BCUT2D eigenvalue weighted by Crippen LogP contribution is -2.26. The van der Waals surface area contributed by atoms with E-state index in [4.69, 9.17) is 0 Å². The smallest absolute Gasteiger partial charge is 0.255 e. The van der Waals surface area contributed by atoms with Gasteiger partial charge in [-0.3, -0.25) is 9.78 Å². The molecule has 116 valence electrons. The van der Waals surface area contributed by atoms with Gasteiger partial charge in [0.05, 0.1) is 17.4 Å². The molecule has 0 N–H and O–H groups in total. The Labute approximate surface area is 142 Å². The van der Waals surface area contributed by atoms with E-state index >= 15 is 0 Å². The number of para-hydroxylation sites is 1. The van der Waals surface area contributed by atoms with E-state index in [0.29, 0.717) is 12.1 Å². The molecule has 3 aromatic rings. The first-order valence-electron chi connectivity index (χ1n) is 7.08. The van der Waals surface area contributed by atoms with Gasteiger partial charge in [0.15, 0.2) is 0 Å². The second kappa shape index (κ2) is 6.75. The maximum absolute atomic E-state index is 12.4. The van der Waals surface area contributed by atoms with Crippen LogP contribution in [0.15, 0.2) is 65.7 Å². The van der Waals surface area contributed by atoms with E-state index in [1.54, 1.807) is 41.3 Å². The summed E-state index contributed by atoms with van der Waals surface area (Å²) in [5.74, 6) is -0.0775. The van der Waals surface area contributed by atoms with Gasteiger partial charge in [-0.05, 0) is 34.1 Å². The number of pyridine rings is 1. The fraction of sp³-hybridized carbons (Fsp3) is 0.118. The number of carbonyl (C=O) groups excluding carboxylic acids is 1. The minimum atomic E-state index is -0.0775. The number of nitrogens with zero attached hydrogens (tertiary/aromatic N) is 4. The third-order valence-corrected chi connectivity index (χ3v) is 3.81. The molecule has 2 heterocycles. The first-order valence-corrected chi connectivity index (χ1v) is 7.88. The molecule has 6 heteroatoms. The van der Waals surface area contributed by atoms with E-state index in [0.717, 1.165) is 15.7 Å². The lowest BCUT2D eigenvalue weighted by atomic mass is 10.2. The second-order valence-electron chi connectivity index (χ2n) is 5.18. The summed E-state index contributed by atoms with van der Waals surface area (Å²) in [7, 11) is 1.77. The topological polar surface area (TPSA) is 51.0 Å². The van der Waals surface area contributed by atoms with Gasteiger partial charge in [-0.25, -0.2) is 4.68 Å². The average molecular weight is 371 g/mol. The molecule has 3 rings (SSSR count). The van der Waals surface area contributed by atoms with E-state index in [2.05, 4.69) is 26.0 Å². The molecule has 5 nitrogen and oxygen atoms in total. The van der Waals surface area contributed by atoms with Crippen LogP contribution in [0.5, 0.6) is 0 Å². The first kappa shape index (κ1) is 15.4. The van der Waals surface area contributed by atoms with Crippen molar-refractivity contribution >= 4 is 21.8 Å². The summed E-state index contributed by atoms with van der Waals surface area (Å²) in [5.41, 5.74) is 2.51. The van der Waals surface area contributed by atoms with Crippen LogP contribution < -0.4 is 0 Å². The number of hydrogen-bond donors (Lipinski definition) is 0. The highest BCUT2D eigenvalue weighted by atomic mass is 79.9. The van der Waals surface area contributed by atoms with Crippen LogP contribution >= 0.6 is 15.9 Å². The van der Waals surface area contributed by atoms with Crippen LogP contribution in [0, 0.1) is 0 Å². The molecule has 1 aromatic carbocycles. The highest BCUT2D eigenvalue weighted by molar-refractivity contribution is 9.10. The van der Waals surface area contributed by atoms with Gasteiger partial charge in [-0.1, -0.05) is 18.2 Å². The lowest BCUT2D eigenvalue weighted by molar-refractivity contribution is 0.0784. The molecule has 1 amide bonds. The Balaban J connectivity index is 1.72. The van der Waals surface area contributed by atoms with Crippen molar-refractivity contribution in [1.82, 2.24) is 19.7 Å². The zero-order chi connectivity index (χ0) is 16.2. The molecule has 0 aliphatic rings. The normalized spacial score (nSPS) is 10.5. The molecular weight excluding hydrogens is 356 g/mol. The van der Waals surface area contributed by atoms with Crippen molar-refractivity contribution in [3.05, 3.63) is 76.8 Å². The standard InChI is InChI=1S/C17H15BrN4O/c1-21(17(23)14-7-15(18)10-19-9-14)11-13-8-20-22(12-13)16-5-3-2-4-6-16/h2-10,12H,11H2,1H3. The van der Waals surface area contributed by atoms with Gasteiger partial charge >= 0.3 is 0 Å². The molecule has 0 radical (unpaired) electrons. The monoisotopic (exact) mass is 370 g/mol. The Morgan fingerprint density at radius 3 is 2.74 bits per heavy atom. The minimum Gasteiger partial charge on any atom is -0.337 e. The number of hydrogen-bond acceptors (Lipinski definition) is 3. The number of carbonyl (C=O) groups is 1. The molecule has 0 fully saturated rings. The molecule has 0 aliphatic carbocycles. The van der Waals surface area contributed by atoms with Crippen molar-refractivity contribution in [2.24, 2.45) is 0 Å². The lowest BCUT2D eigenvalue weighted by Gasteiger charge is -2.16. The number of benzene rings is 1. The maximum Gasteiger partial charge on any atom is 0.255 e. The predicted molar refractivity (Wildman–Crippen MR) is 91.3 cm³/mol. The largest absolute Gasteiger partial charge is 0.337 e. The van der Waals surface area contributed by atoms with E-state index in [1.807, 2.05) is 36.5 Å². The van der Waals surface area contributed by atoms with Crippen LogP contribution in [0.4, 0.5) is 0 Å². The summed E-state index contributed by atoms with van der Waals surface area (Å²) >= 11 is 3.33. The zero-order valence-corrected chi connectivity index (χ0v) is 14.1. The summed E-state index contributed by atoms with van der Waals surface area (Å²) in [6.45, 7) is 0.484. The van der Waals surface area contributed by atoms with Crippen LogP contribution in [-0.4, -0.2) is 32.6 Å². The van der Waals surface area contributed by atoms with Crippen molar-refractivity contribution in [2.45, 2.75) is 6.54 Å². The summed E-state index contributed by atoms with van der Waals surface area (Å²) in [5, 5.41) is 4.34. The second-order valence-corrected chi connectivity index (χ2v) is 6.10. The van der Waals surface area contributed by atoms with Crippen LogP contribution in [0.25, 0.3) is 5.69 Å². The fourth-order valence-corrected chi connectivity index (χ4v) is 2.62. The van der Waals surface area contributed by atoms with Gasteiger partial charge in [0.25, 0.3) is 5.91 Å². The van der Waals surface area contributed by atoms with E-state index < -0.39 is 0 Å². The van der Waals surface area contributed by atoms with Crippen LogP contribution in [0.2, 0.25) is 0 Å². The highest BCUT2D eigenvalue weighted by Gasteiger charge is 2.13. The molecule has 2 aromatic heterocycles. The Kier molecular flexibility index (Phi) is 4.52. The third-order valence-electron chi connectivity index (χ3n) is 3.38. The number of halogens is 1. The quantitative estimate of drug-likeness (QED) is 0.707. The summed E-state index contributed by atoms with van der Waals surface area (Å²) in [6.07, 6.45) is 6.92.